The van der Waals surface area contributed by atoms with Gasteiger partial charge in [0.05, 0.1) is 34.3 Å². The van der Waals surface area contributed by atoms with Crippen LogP contribution < -0.4 is 15.6 Å². The van der Waals surface area contributed by atoms with E-state index >= 15 is 0 Å². The van der Waals surface area contributed by atoms with Gasteiger partial charge in [-0.2, -0.15) is 0 Å². The van der Waals surface area contributed by atoms with Gasteiger partial charge in [-0.25, -0.2) is 4.98 Å². The van der Waals surface area contributed by atoms with E-state index in [4.69, 9.17) is 9.72 Å². The van der Waals surface area contributed by atoms with E-state index in [1.54, 1.807) is 23.3 Å². The van der Waals surface area contributed by atoms with Crippen LogP contribution >= 0.6 is 11.8 Å². The predicted octanol–water partition coefficient (Wildman–Crippen LogP) is 5.53. The Bertz CT molecular complexity index is 1570. The third kappa shape index (κ3) is 2.31. The second-order valence-corrected chi connectivity index (χ2v) is 8.43. The molecule has 146 valence electrons. The third-order valence-electron chi connectivity index (χ3n) is 5.53. The summed E-state index contributed by atoms with van der Waals surface area (Å²) in [5, 5.41) is 5.11. The average Bonchev–Trinajstić information content (AvgIpc) is 2.77. The summed E-state index contributed by atoms with van der Waals surface area (Å²) < 4.78 is 7.36. The molecule has 0 unspecified atom stereocenters. The van der Waals surface area contributed by atoms with Gasteiger partial charge in [0, 0.05) is 10.3 Å². The lowest BCUT2D eigenvalue weighted by Gasteiger charge is -2.25. The monoisotopic (exact) mass is 411 g/mol. The fraction of sp³-hybridized carbons (Fsp3) is 0.0833. The van der Waals surface area contributed by atoms with Crippen LogP contribution in [0.5, 0.6) is 5.75 Å². The Morgan fingerprint density at radius 1 is 1.03 bits per heavy atom. The van der Waals surface area contributed by atoms with E-state index in [1.807, 2.05) is 42.5 Å². The first kappa shape index (κ1) is 17.4. The van der Waals surface area contributed by atoms with E-state index in [-0.39, 0.29) is 5.56 Å². The Morgan fingerprint density at radius 2 is 1.87 bits per heavy atom. The number of methoxy groups -OCH3 is 1. The van der Waals surface area contributed by atoms with Crippen molar-refractivity contribution >= 4 is 50.6 Å². The number of para-hydroxylation sites is 2. The lowest BCUT2D eigenvalue weighted by molar-refractivity contribution is 0.418. The molecule has 3 heterocycles. The Morgan fingerprint density at radius 3 is 2.73 bits per heavy atom. The standard InChI is InChI=1S/C24H17N3O2S/c1-13-10-11-17-19(12-13)30-22-20(25-17)15-7-5-9-18(29-2)21(15)27-23(22)26-16-8-4-3-6-14(16)24(27)28/h3-12,25H,1-2H3. The van der Waals surface area contributed by atoms with Crippen LogP contribution in [0.2, 0.25) is 0 Å². The summed E-state index contributed by atoms with van der Waals surface area (Å²) in [6, 6.07) is 19.7. The molecular weight excluding hydrogens is 394 g/mol. The molecule has 0 bridgehead atoms. The van der Waals surface area contributed by atoms with Gasteiger partial charge >= 0.3 is 0 Å². The summed E-state index contributed by atoms with van der Waals surface area (Å²) in [4.78, 5) is 20.6. The van der Waals surface area contributed by atoms with E-state index in [1.165, 1.54) is 5.56 Å². The quantitative estimate of drug-likeness (QED) is 0.285. The van der Waals surface area contributed by atoms with Gasteiger partial charge in [0.2, 0.25) is 0 Å². The topological polar surface area (TPSA) is 55.6 Å². The molecule has 2 aromatic heterocycles. The molecule has 0 saturated heterocycles. The largest absolute Gasteiger partial charge is 0.495 e. The second kappa shape index (κ2) is 6.24. The van der Waals surface area contributed by atoms with Crippen LogP contribution in [-0.4, -0.2) is 16.5 Å². The highest BCUT2D eigenvalue weighted by atomic mass is 32.2. The van der Waals surface area contributed by atoms with Crippen molar-refractivity contribution in [3.05, 3.63) is 76.6 Å². The zero-order chi connectivity index (χ0) is 20.4. The molecule has 0 atom stereocenters. The molecule has 6 rings (SSSR count). The molecule has 0 radical (unpaired) electrons. The molecule has 5 nitrogen and oxygen atoms in total. The lowest BCUT2D eigenvalue weighted by atomic mass is 10.1. The van der Waals surface area contributed by atoms with Gasteiger partial charge in [0.15, 0.2) is 5.65 Å². The van der Waals surface area contributed by atoms with Crippen molar-refractivity contribution in [2.24, 2.45) is 0 Å². The summed E-state index contributed by atoms with van der Waals surface area (Å²) in [6.07, 6.45) is 0. The number of aryl methyl sites for hydroxylation is 1. The zero-order valence-electron chi connectivity index (χ0n) is 16.4. The average molecular weight is 411 g/mol. The number of aromatic nitrogens is 2. The van der Waals surface area contributed by atoms with E-state index in [0.717, 1.165) is 32.1 Å². The molecule has 0 saturated carbocycles. The van der Waals surface area contributed by atoms with Gasteiger partial charge in [-0.15, -0.1) is 0 Å². The van der Waals surface area contributed by atoms with Gasteiger partial charge < -0.3 is 10.1 Å². The summed E-state index contributed by atoms with van der Waals surface area (Å²) in [6.45, 7) is 2.08. The fourth-order valence-corrected chi connectivity index (χ4v) is 5.31. The zero-order valence-corrected chi connectivity index (χ0v) is 17.2. The van der Waals surface area contributed by atoms with Crippen LogP contribution in [0, 0.1) is 6.92 Å². The van der Waals surface area contributed by atoms with Crippen molar-refractivity contribution in [3.8, 4) is 5.75 Å². The fourth-order valence-electron chi connectivity index (χ4n) is 4.13. The number of nitrogens with one attached hydrogen (secondary N) is 1. The van der Waals surface area contributed by atoms with Crippen molar-refractivity contribution in [3.63, 3.8) is 0 Å². The number of pyridine rings is 1. The number of hydrogen-bond donors (Lipinski definition) is 1. The molecule has 1 N–H and O–H groups in total. The normalized spacial score (nSPS) is 12.6. The molecule has 0 fully saturated rings. The highest BCUT2D eigenvalue weighted by molar-refractivity contribution is 8.00. The first-order valence-corrected chi connectivity index (χ1v) is 10.5. The molecule has 5 aromatic rings. The van der Waals surface area contributed by atoms with E-state index in [0.29, 0.717) is 22.3 Å². The molecule has 0 amide bonds. The summed E-state index contributed by atoms with van der Waals surface area (Å²) in [5.41, 5.74) is 5.14. The third-order valence-corrected chi connectivity index (χ3v) is 6.68. The van der Waals surface area contributed by atoms with E-state index in [9.17, 15) is 4.79 Å². The molecule has 0 aliphatic carbocycles. The first-order chi connectivity index (χ1) is 14.7. The lowest BCUT2D eigenvalue weighted by Crippen LogP contribution is -2.18. The number of rotatable bonds is 1. The maximum Gasteiger partial charge on any atom is 0.266 e. The van der Waals surface area contributed by atoms with Crippen LogP contribution in [0.15, 0.2) is 75.2 Å². The molecule has 1 aliphatic heterocycles. The van der Waals surface area contributed by atoms with Gasteiger partial charge in [-0.3, -0.25) is 9.20 Å². The predicted molar refractivity (Wildman–Crippen MR) is 122 cm³/mol. The van der Waals surface area contributed by atoms with Gasteiger partial charge in [0.1, 0.15) is 11.3 Å². The Hall–Kier alpha value is -3.51. The van der Waals surface area contributed by atoms with Crippen LogP contribution in [-0.2, 0) is 0 Å². The Balaban J connectivity index is 1.85. The number of nitrogens with zero attached hydrogens (tertiary/aromatic N) is 2. The van der Waals surface area contributed by atoms with Crippen LogP contribution in [0.4, 0.5) is 11.4 Å². The molecule has 6 heteroatoms. The van der Waals surface area contributed by atoms with Gasteiger partial charge in [-0.1, -0.05) is 42.1 Å². The minimum absolute atomic E-state index is 0.0939. The first-order valence-electron chi connectivity index (χ1n) is 9.65. The number of fused-ring (bicyclic) bond motifs is 8. The number of ether oxygens (including phenoxy) is 1. The maximum atomic E-state index is 13.6. The summed E-state index contributed by atoms with van der Waals surface area (Å²) >= 11 is 1.65. The van der Waals surface area contributed by atoms with Crippen LogP contribution in [0.1, 0.15) is 5.56 Å². The number of benzene rings is 3. The number of hydrogen-bond acceptors (Lipinski definition) is 5. The summed E-state index contributed by atoms with van der Waals surface area (Å²) in [7, 11) is 1.62. The smallest absolute Gasteiger partial charge is 0.266 e. The van der Waals surface area contributed by atoms with Crippen molar-refractivity contribution in [2.75, 3.05) is 12.4 Å². The molecule has 0 spiro atoms. The SMILES string of the molecule is COc1cccc2c3c(c4nc5ccccc5c(=O)n4c12)Sc1cc(C)ccc1N3. The molecular formula is C24H17N3O2S. The maximum absolute atomic E-state index is 13.6. The van der Waals surface area contributed by atoms with Crippen molar-refractivity contribution < 1.29 is 4.74 Å². The van der Waals surface area contributed by atoms with Crippen molar-refractivity contribution in [1.82, 2.24) is 9.38 Å². The van der Waals surface area contributed by atoms with Gasteiger partial charge in [-0.05, 0) is 42.8 Å². The van der Waals surface area contributed by atoms with Crippen molar-refractivity contribution in [1.29, 1.82) is 0 Å². The van der Waals surface area contributed by atoms with Crippen molar-refractivity contribution in [2.45, 2.75) is 16.7 Å². The molecule has 1 aliphatic rings. The van der Waals surface area contributed by atoms with Gasteiger partial charge in [0.25, 0.3) is 5.56 Å². The molecule has 30 heavy (non-hydrogen) atoms. The second-order valence-electron chi connectivity index (χ2n) is 7.38. The van der Waals surface area contributed by atoms with Crippen LogP contribution in [0.25, 0.3) is 27.5 Å². The summed E-state index contributed by atoms with van der Waals surface area (Å²) in [5.74, 6) is 0.640. The molecule has 3 aromatic carbocycles. The minimum atomic E-state index is -0.0939. The number of anilines is 2. The highest BCUT2D eigenvalue weighted by Gasteiger charge is 2.25. The van der Waals surface area contributed by atoms with E-state index < -0.39 is 0 Å². The van der Waals surface area contributed by atoms with E-state index in [2.05, 4.69) is 30.4 Å². The minimum Gasteiger partial charge on any atom is -0.495 e. The van der Waals surface area contributed by atoms with Crippen LogP contribution in [0.3, 0.4) is 0 Å². The highest BCUT2D eigenvalue weighted by Crippen LogP contribution is 2.49. The Labute approximate surface area is 176 Å². The Kier molecular flexibility index (Phi) is 3.61.